The van der Waals surface area contributed by atoms with Crippen molar-refractivity contribution in [2.45, 2.75) is 32.7 Å². The Hall–Kier alpha value is -2.10. The van der Waals surface area contributed by atoms with Crippen molar-refractivity contribution in [3.63, 3.8) is 0 Å². The molecule has 0 N–H and O–H groups in total. The lowest BCUT2D eigenvalue weighted by Crippen LogP contribution is -2.08. The predicted molar refractivity (Wildman–Crippen MR) is 80.9 cm³/mol. The summed E-state index contributed by atoms with van der Waals surface area (Å²) in [5.41, 5.74) is 2.33. The lowest BCUT2D eigenvalue weighted by Gasteiger charge is -2.18. The van der Waals surface area contributed by atoms with E-state index >= 15 is 0 Å². The first-order valence-electron chi connectivity index (χ1n) is 7.07. The molecule has 0 spiro atoms. The Balaban J connectivity index is 2.14. The van der Waals surface area contributed by atoms with E-state index < -0.39 is 0 Å². The van der Waals surface area contributed by atoms with E-state index in [1.807, 2.05) is 25.6 Å². The maximum absolute atomic E-state index is 4.97. The van der Waals surface area contributed by atoms with Crippen LogP contribution in [0, 0.1) is 0 Å². The Labute approximate surface area is 120 Å². The molecule has 0 saturated heterocycles. The summed E-state index contributed by atoms with van der Waals surface area (Å²) < 4.78 is 2.16. The van der Waals surface area contributed by atoms with Crippen LogP contribution in [0.1, 0.15) is 43.9 Å². The predicted octanol–water partition coefficient (Wildman–Crippen LogP) is 3.64. The van der Waals surface area contributed by atoms with E-state index in [4.69, 9.17) is 4.84 Å². The van der Waals surface area contributed by atoms with Crippen LogP contribution in [-0.2, 0) is 4.84 Å². The fraction of sp³-hybridized carbons (Fsp3) is 0.375. The van der Waals surface area contributed by atoms with Crippen LogP contribution in [0.4, 0.5) is 0 Å². The summed E-state index contributed by atoms with van der Waals surface area (Å²) in [7, 11) is 0. The van der Waals surface area contributed by atoms with Gasteiger partial charge in [0.05, 0.1) is 18.6 Å². The fourth-order valence-electron chi connectivity index (χ4n) is 2.19. The lowest BCUT2D eigenvalue weighted by atomic mass is 10.0. The zero-order valence-electron chi connectivity index (χ0n) is 12.1. The largest absolute Gasteiger partial charge is 0.396 e. The van der Waals surface area contributed by atoms with E-state index in [-0.39, 0.29) is 0 Å². The third-order valence-corrected chi connectivity index (χ3v) is 3.17. The highest BCUT2D eigenvalue weighted by Gasteiger charge is 2.11. The van der Waals surface area contributed by atoms with Crippen LogP contribution in [0.25, 0.3) is 0 Å². The third kappa shape index (κ3) is 3.70. The summed E-state index contributed by atoms with van der Waals surface area (Å²) in [5.74, 6) is 0. The monoisotopic (exact) mass is 271 g/mol. The van der Waals surface area contributed by atoms with E-state index in [1.165, 1.54) is 5.56 Å². The number of hydrogen-bond donors (Lipinski definition) is 0. The molecule has 20 heavy (non-hydrogen) atoms. The van der Waals surface area contributed by atoms with Gasteiger partial charge in [-0.3, -0.25) is 0 Å². The first-order chi connectivity index (χ1) is 9.85. The van der Waals surface area contributed by atoms with E-state index in [9.17, 15) is 0 Å². The van der Waals surface area contributed by atoms with Crippen LogP contribution < -0.4 is 0 Å². The van der Waals surface area contributed by atoms with Gasteiger partial charge in [0.25, 0.3) is 0 Å². The zero-order valence-corrected chi connectivity index (χ0v) is 12.1. The maximum atomic E-state index is 4.97. The van der Waals surface area contributed by atoms with Gasteiger partial charge in [-0.25, -0.2) is 4.98 Å². The minimum absolute atomic E-state index is 0.348. The van der Waals surface area contributed by atoms with Gasteiger partial charge in [0, 0.05) is 12.4 Å². The highest BCUT2D eigenvalue weighted by molar-refractivity contribution is 5.79. The fourth-order valence-corrected chi connectivity index (χ4v) is 2.19. The second-order valence-electron chi connectivity index (χ2n) is 4.63. The van der Waals surface area contributed by atoms with Crippen LogP contribution in [0.3, 0.4) is 0 Å². The van der Waals surface area contributed by atoms with Gasteiger partial charge in [0.15, 0.2) is 0 Å². The molecule has 0 aliphatic carbocycles. The summed E-state index contributed by atoms with van der Waals surface area (Å²) in [5, 5.41) is 3.88. The summed E-state index contributed by atoms with van der Waals surface area (Å²) in [6.45, 7) is 4.71. The topological polar surface area (TPSA) is 39.4 Å². The third-order valence-electron chi connectivity index (χ3n) is 3.17. The highest BCUT2D eigenvalue weighted by atomic mass is 16.6. The molecule has 0 aliphatic heterocycles. The van der Waals surface area contributed by atoms with E-state index in [0.29, 0.717) is 12.6 Å². The molecular formula is C16H21N3O. The Kier molecular flexibility index (Phi) is 5.35. The van der Waals surface area contributed by atoms with Gasteiger partial charge < -0.3 is 9.40 Å². The molecule has 0 bridgehead atoms. The van der Waals surface area contributed by atoms with Gasteiger partial charge in [0.2, 0.25) is 0 Å². The van der Waals surface area contributed by atoms with Gasteiger partial charge in [-0.1, -0.05) is 42.8 Å². The number of oxime groups is 1. The minimum atomic E-state index is 0.348. The van der Waals surface area contributed by atoms with Crippen LogP contribution in [0.5, 0.6) is 0 Å². The van der Waals surface area contributed by atoms with Crippen molar-refractivity contribution in [2.24, 2.45) is 5.16 Å². The molecule has 0 radical (unpaired) electrons. The quantitative estimate of drug-likeness (QED) is 0.569. The maximum Gasteiger partial charge on any atom is 0.114 e. The van der Waals surface area contributed by atoms with Crippen LogP contribution in [0.15, 0.2) is 48.1 Å². The molecule has 1 heterocycles. The number of rotatable bonds is 7. The molecule has 0 aliphatic rings. The van der Waals surface area contributed by atoms with Gasteiger partial charge in [-0.05, 0) is 24.5 Å². The Morgan fingerprint density at radius 2 is 2.10 bits per heavy atom. The SMILES string of the molecule is CCCC(c1ccc(/C=N/OCC)cc1)n1ccnc1. The smallest absolute Gasteiger partial charge is 0.114 e. The van der Waals surface area contributed by atoms with Crippen molar-refractivity contribution in [1.29, 1.82) is 0 Å². The molecule has 2 rings (SSSR count). The summed E-state index contributed by atoms with van der Waals surface area (Å²) >= 11 is 0. The molecular weight excluding hydrogens is 250 g/mol. The summed E-state index contributed by atoms with van der Waals surface area (Å²) in [6.07, 6.45) is 9.69. The minimum Gasteiger partial charge on any atom is -0.396 e. The van der Waals surface area contributed by atoms with E-state index in [0.717, 1.165) is 18.4 Å². The molecule has 106 valence electrons. The van der Waals surface area contributed by atoms with Crippen LogP contribution >= 0.6 is 0 Å². The molecule has 0 amide bonds. The molecule has 2 aromatic rings. The Morgan fingerprint density at radius 3 is 2.70 bits per heavy atom. The molecule has 1 unspecified atom stereocenters. The second-order valence-corrected chi connectivity index (χ2v) is 4.63. The number of benzene rings is 1. The Morgan fingerprint density at radius 1 is 1.30 bits per heavy atom. The lowest BCUT2D eigenvalue weighted by molar-refractivity contribution is 0.160. The summed E-state index contributed by atoms with van der Waals surface area (Å²) in [4.78, 5) is 9.11. The standard InChI is InChI=1S/C16H21N3O/c1-3-5-16(19-11-10-17-13-19)15-8-6-14(7-9-15)12-18-20-4-2/h6-13,16H,3-5H2,1-2H3/b18-12+. The molecule has 0 saturated carbocycles. The number of imidazole rings is 1. The van der Waals surface area contributed by atoms with Gasteiger partial charge in [-0.2, -0.15) is 0 Å². The normalized spacial score (nSPS) is 12.7. The average Bonchev–Trinajstić information content (AvgIpc) is 3.00. The number of hydrogen-bond acceptors (Lipinski definition) is 3. The first kappa shape index (κ1) is 14.3. The zero-order chi connectivity index (χ0) is 14.2. The second kappa shape index (κ2) is 7.48. The highest BCUT2D eigenvalue weighted by Crippen LogP contribution is 2.23. The molecule has 1 aromatic carbocycles. The van der Waals surface area contributed by atoms with Crippen molar-refractivity contribution in [3.8, 4) is 0 Å². The molecule has 0 fully saturated rings. The van der Waals surface area contributed by atoms with Gasteiger partial charge in [0.1, 0.15) is 6.61 Å². The Bertz CT molecular complexity index is 517. The van der Waals surface area contributed by atoms with Crippen molar-refractivity contribution in [1.82, 2.24) is 9.55 Å². The molecule has 1 aromatic heterocycles. The first-order valence-corrected chi connectivity index (χ1v) is 7.07. The van der Waals surface area contributed by atoms with Crippen molar-refractivity contribution in [2.75, 3.05) is 6.61 Å². The van der Waals surface area contributed by atoms with E-state index in [1.54, 1.807) is 6.21 Å². The molecule has 4 nitrogen and oxygen atoms in total. The molecule has 4 heteroatoms. The van der Waals surface area contributed by atoms with Gasteiger partial charge >= 0.3 is 0 Å². The number of nitrogens with zero attached hydrogens (tertiary/aromatic N) is 3. The van der Waals surface area contributed by atoms with E-state index in [2.05, 4.69) is 45.9 Å². The number of aromatic nitrogens is 2. The van der Waals surface area contributed by atoms with Gasteiger partial charge in [-0.15, -0.1) is 0 Å². The van der Waals surface area contributed by atoms with Crippen LogP contribution in [-0.4, -0.2) is 22.4 Å². The van der Waals surface area contributed by atoms with Crippen molar-refractivity contribution >= 4 is 6.21 Å². The average molecular weight is 271 g/mol. The van der Waals surface area contributed by atoms with Crippen molar-refractivity contribution in [3.05, 3.63) is 54.1 Å². The van der Waals surface area contributed by atoms with Crippen molar-refractivity contribution < 1.29 is 4.84 Å². The molecule has 1 atom stereocenters. The van der Waals surface area contributed by atoms with Crippen LogP contribution in [0.2, 0.25) is 0 Å². The summed E-state index contributed by atoms with van der Waals surface area (Å²) in [6, 6.07) is 8.77.